The zero-order valence-electron chi connectivity index (χ0n) is 11.7. The molecule has 3 aromatic carbocycles. The molecule has 0 radical (unpaired) electrons. The Labute approximate surface area is 133 Å². The van der Waals surface area contributed by atoms with Crippen molar-refractivity contribution < 1.29 is 4.79 Å². The number of nitrogens with zero attached hydrogens (tertiary/aromatic N) is 1. The number of hydrogen-bond acceptors (Lipinski definition) is 2. The second-order valence-electron chi connectivity index (χ2n) is 4.79. The Balaban J connectivity index is 1.73. The highest BCUT2D eigenvalue weighted by molar-refractivity contribution is 6.33. The molecule has 1 N–H and O–H groups in total. The first-order valence-corrected chi connectivity index (χ1v) is 7.18. The number of halogens is 1. The van der Waals surface area contributed by atoms with Crippen LogP contribution in [0.25, 0.3) is 10.8 Å². The average Bonchev–Trinajstić information content (AvgIpc) is 2.55. The van der Waals surface area contributed by atoms with Crippen LogP contribution in [0.15, 0.2) is 71.8 Å². The molecule has 1 amide bonds. The minimum absolute atomic E-state index is 0.331. The molecule has 0 aliphatic carbocycles. The van der Waals surface area contributed by atoms with Crippen molar-refractivity contribution in [3.63, 3.8) is 0 Å². The van der Waals surface area contributed by atoms with E-state index in [0.29, 0.717) is 10.6 Å². The summed E-state index contributed by atoms with van der Waals surface area (Å²) in [6.45, 7) is 0. The van der Waals surface area contributed by atoms with Crippen LogP contribution < -0.4 is 5.43 Å². The molecule has 108 valence electrons. The van der Waals surface area contributed by atoms with Gasteiger partial charge < -0.3 is 0 Å². The number of amides is 1. The Kier molecular flexibility index (Phi) is 4.17. The van der Waals surface area contributed by atoms with Crippen LogP contribution in [-0.4, -0.2) is 12.1 Å². The summed E-state index contributed by atoms with van der Waals surface area (Å²) in [7, 11) is 0. The van der Waals surface area contributed by atoms with Crippen molar-refractivity contribution >= 4 is 34.5 Å². The molecule has 0 spiro atoms. The molecule has 0 fully saturated rings. The smallest absolute Gasteiger partial charge is 0.267 e. The first-order valence-electron chi connectivity index (χ1n) is 6.81. The van der Waals surface area contributed by atoms with Crippen molar-refractivity contribution in [2.24, 2.45) is 5.10 Å². The molecule has 0 atom stereocenters. The summed E-state index contributed by atoms with van der Waals surface area (Å²) in [5.41, 5.74) is 3.80. The fourth-order valence-electron chi connectivity index (χ4n) is 2.16. The highest BCUT2D eigenvalue weighted by atomic mass is 35.5. The molecular weight excluding hydrogens is 296 g/mol. The van der Waals surface area contributed by atoms with E-state index in [1.165, 1.54) is 5.39 Å². The van der Waals surface area contributed by atoms with Crippen LogP contribution in [0.2, 0.25) is 5.02 Å². The number of rotatable bonds is 3. The third-order valence-electron chi connectivity index (χ3n) is 3.27. The quantitative estimate of drug-likeness (QED) is 0.570. The highest BCUT2D eigenvalue weighted by Crippen LogP contribution is 2.15. The molecule has 0 unspecified atom stereocenters. The largest absolute Gasteiger partial charge is 0.272 e. The minimum atomic E-state index is -0.331. The Morgan fingerprint density at radius 3 is 2.50 bits per heavy atom. The van der Waals surface area contributed by atoms with Crippen molar-refractivity contribution in [2.75, 3.05) is 0 Å². The van der Waals surface area contributed by atoms with Crippen molar-refractivity contribution in [1.29, 1.82) is 0 Å². The number of benzene rings is 3. The average molecular weight is 309 g/mol. The van der Waals surface area contributed by atoms with Crippen molar-refractivity contribution in [2.45, 2.75) is 0 Å². The van der Waals surface area contributed by atoms with Gasteiger partial charge in [0.2, 0.25) is 0 Å². The fraction of sp³-hybridized carbons (Fsp3) is 0. The lowest BCUT2D eigenvalue weighted by atomic mass is 10.1. The van der Waals surface area contributed by atoms with Gasteiger partial charge in [0.25, 0.3) is 5.91 Å². The van der Waals surface area contributed by atoms with Crippen molar-refractivity contribution in [3.05, 3.63) is 82.9 Å². The maximum Gasteiger partial charge on any atom is 0.272 e. The van der Waals surface area contributed by atoms with E-state index >= 15 is 0 Å². The van der Waals surface area contributed by atoms with Crippen LogP contribution in [0.5, 0.6) is 0 Å². The standard InChI is InChI=1S/C18H13ClN2O/c19-17-8-4-3-7-16(17)18(22)21-20-12-13-9-10-14-5-1-2-6-15(14)11-13/h1-12H,(H,21,22)/b20-12+. The molecule has 0 aliphatic rings. The van der Waals surface area contributed by atoms with E-state index in [2.05, 4.69) is 16.6 Å². The molecular formula is C18H13ClN2O. The number of hydrazone groups is 1. The Hall–Kier alpha value is -2.65. The Bertz CT molecular complexity index is 858. The second-order valence-corrected chi connectivity index (χ2v) is 5.19. The van der Waals surface area contributed by atoms with E-state index in [0.717, 1.165) is 10.9 Å². The predicted octanol–water partition coefficient (Wildman–Crippen LogP) is 4.26. The Morgan fingerprint density at radius 2 is 1.68 bits per heavy atom. The van der Waals surface area contributed by atoms with Gasteiger partial charge in [-0.15, -0.1) is 0 Å². The number of hydrogen-bond donors (Lipinski definition) is 1. The number of carbonyl (C=O) groups is 1. The van der Waals surface area contributed by atoms with Gasteiger partial charge in [0, 0.05) is 0 Å². The van der Waals surface area contributed by atoms with Gasteiger partial charge in [-0.3, -0.25) is 4.79 Å². The third-order valence-corrected chi connectivity index (χ3v) is 3.60. The van der Waals surface area contributed by atoms with Crippen LogP contribution in [0.3, 0.4) is 0 Å². The normalized spacial score (nSPS) is 11.0. The van der Waals surface area contributed by atoms with Gasteiger partial charge in [-0.25, -0.2) is 5.43 Å². The fourth-order valence-corrected chi connectivity index (χ4v) is 2.38. The molecule has 0 aliphatic heterocycles. The number of carbonyl (C=O) groups excluding carboxylic acids is 1. The van der Waals surface area contributed by atoms with Gasteiger partial charge in [0.15, 0.2) is 0 Å². The molecule has 3 rings (SSSR count). The van der Waals surface area contributed by atoms with Crippen LogP contribution in [0.4, 0.5) is 0 Å². The van der Waals surface area contributed by atoms with E-state index in [4.69, 9.17) is 11.6 Å². The van der Waals surface area contributed by atoms with Gasteiger partial charge in [0.05, 0.1) is 16.8 Å². The van der Waals surface area contributed by atoms with E-state index in [9.17, 15) is 4.79 Å². The lowest BCUT2D eigenvalue weighted by Crippen LogP contribution is -2.17. The topological polar surface area (TPSA) is 41.5 Å². The van der Waals surface area contributed by atoms with Gasteiger partial charge >= 0.3 is 0 Å². The van der Waals surface area contributed by atoms with Gasteiger partial charge in [-0.1, -0.05) is 60.1 Å². The lowest BCUT2D eigenvalue weighted by molar-refractivity contribution is 0.0955. The maximum atomic E-state index is 12.0. The highest BCUT2D eigenvalue weighted by Gasteiger charge is 2.07. The van der Waals surface area contributed by atoms with E-state index < -0.39 is 0 Å². The molecule has 3 nitrogen and oxygen atoms in total. The molecule has 0 bridgehead atoms. The summed E-state index contributed by atoms with van der Waals surface area (Å²) in [4.78, 5) is 12.0. The SMILES string of the molecule is O=C(N/N=C/c1ccc2ccccc2c1)c1ccccc1Cl. The summed E-state index contributed by atoms with van der Waals surface area (Å²) < 4.78 is 0. The second kappa shape index (κ2) is 6.41. The zero-order chi connectivity index (χ0) is 15.4. The summed E-state index contributed by atoms with van der Waals surface area (Å²) >= 11 is 5.97. The molecule has 0 heterocycles. The first-order chi connectivity index (χ1) is 10.7. The minimum Gasteiger partial charge on any atom is -0.267 e. The van der Waals surface area contributed by atoms with Crippen LogP contribution in [-0.2, 0) is 0 Å². The molecule has 22 heavy (non-hydrogen) atoms. The molecule has 0 saturated heterocycles. The maximum absolute atomic E-state index is 12.0. The van der Waals surface area contributed by atoms with E-state index in [1.54, 1.807) is 30.5 Å². The Morgan fingerprint density at radius 1 is 0.955 bits per heavy atom. The molecule has 4 heteroatoms. The molecule has 3 aromatic rings. The van der Waals surface area contributed by atoms with Gasteiger partial charge in [-0.05, 0) is 34.5 Å². The summed E-state index contributed by atoms with van der Waals surface area (Å²) in [5.74, 6) is -0.331. The zero-order valence-corrected chi connectivity index (χ0v) is 12.4. The van der Waals surface area contributed by atoms with Crippen LogP contribution >= 0.6 is 11.6 Å². The van der Waals surface area contributed by atoms with Gasteiger partial charge in [-0.2, -0.15) is 5.10 Å². The first kappa shape index (κ1) is 14.3. The van der Waals surface area contributed by atoms with Gasteiger partial charge in [0.1, 0.15) is 0 Å². The van der Waals surface area contributed by atoms with Crippen molar-refractivity contribution in [1.82, 2.24) is 5.43 Å². The van der Waals surface area contributed by atoms with Crippen molar-refractivity contribution in [3.8, 4) is 0 Å². The summed E-state index contributed by atoms with van der Waals surface area (Å²) in [5, 5.41) is 6.68. The lowest BCUT2D eigenvalue weighted by Gasteiger charge is -2.02. The van der Waals surface area contributed by atoms with E-state index in [-0.39, 0.29) is 5.91 Å². The van der Waals surface area contributed by atoms with E-state index in [1.807, 2.05) is 36.4 Å². The number of fused-ring (bicyclic) bond motifs is 1. The third kappa shape index (κ3) is 3.15. The number of nitrogens with one attached hydrogen (secondary N) is 1. The molecule has 0 aromatic heterocycles. The van der Waals surface area contributed by atoms with Crippen LogP contribution in [0.1, 0.15) is 15.9 Å². The summed E-state index contributed by atoms with van der Waals surface area (Å²) in [6, 6.07) is 20.9. The molecule has 0 saturated carbocycles. The summed E-state index contributed by atoms with van der Waals surface area (Å²) in [6.07, 6.45) is 1.61. The van der Waals surface area contributed by atoms with Crippen LogP contribution in [0, 0.1) is 0 Å². The predicted molar refractivity (Wildman–Crippen MR) is 90.5 cm³/mol. The monoisotopic (exact) mass is 308 g/mol.